The topological polar surface area (TPSA) is 114 Å². The maximum Gasteiger partial charge on any atom is 0.243 e. The molecule has 3 aromatic rings. The zero-order valence-electron chi connectivity index (χ0n) is 26.4. The van der Waals surface area contributed by atoms with E-state index < -0.39 is 16.1 Å². The SMILES string of the molecule is COc1cccc(CN(C(=O)CCCN(c2ccc3c(c2)OCCO3)S(C)(=O)=O)[C@@H](Cc2ccccc2)C(=O)NCC(C)C)c1. The number of carbonyl (C=O) groups excluding carboxylic acids is 2. The van der Waals surface area contributed by atoms with Crippen molar-refractivity contribution >= 4 is 27.5 Å². The molecule has 0 unspecified atom stereocenters. The predicted molar refractivity (Wildman–Crippen MR) is 174 cm³/mol. The lowest BCUT2D eigenvalue weighted by molar-refractivity contribution is -0.141. The maximum absolute atomic E-state index is 14.0. The van der Waals surface area contributed by atoms with E-state index in [2.05, 4.69) is 5.32 Å². The van der Waals surface area contributed by atoms with E-state index in [0.29, 0.717) is 49.1 Å². The highest BCUT2D eigenvalue weighted by molar-refractivity contribution is 7.92. The van der Waals surface area contributed by atoms with Gasteiger partial charge in [-0.05, 0) is 47.7 Å². The molecule has 0 fully saturated rings. The van der Waals surface area contributed by atoms with Crippen LogP contribution in [0.15, 0.2) is 72.8 Å². The minimum atomic E-state index is -3.67. The number of hydrogen-bond acceptors (Lipinski definition) is 7. The molecule has 1 atom stereocenters. The maximum atomic E-state index is 14.0. The highest BCUT2D eigenvalue weighted by atomic mass is 32.2. The van der Waals surface area contributed by atoms with Crippen molar-refractivity contribution in [1.29, 1.82) is 0 Å². The summed E-state index contributed by atoms with van der Waals surface area (Å²) >= 11 is 0. The number of carbonyl (C=O) groups is 2. The molecule has 0 spiro atoms. The minimum Gasteiger partial charge on any atom is -0.497 e. The third-order valence-corrected chi connectivity index (χ3v) is 8.60. The monoisotopic (exact) mass is 637 g/mol. The second-order valence-corrected chi connectivity index (χ2v) is 13.4. The fourth-order valence-corrected chi connectivity index (χ4v) is 6.09. The van der Waals surface area contributed by atoms with Crippen molar-refractivity contribution < 1.29 is 32.2 Å². The Labute approximate surface area is 266 Å². The van der Waals surface area contributed by atoms with Gasteiger partial charge >= 0.3 is 0 Å². The van der Waals surface area contributed by atoms with Crippen LogP contribution in [0, 0.1) is 5.92 Å². The first kappa shape index (κ1) is 33.6. The number of sulfonamides is 1. The van der Waals surface area contributed by atoms with E-state index in [1.165, 1.54) is 4.31 Å². The Morgan fingerprint density at radius 2 is 1.64 bits per heavy atom. The van der Waals surface area contributed by atoms with Crippen LogP contribution in [-0.4, -0.2) is 70.8 Å². The van der Waals surface area contributed by atoms with Gasteiger partial charge in [-0.2, -0.15) is 0 Å². The van der Waals surface area contributed by atoms with Gasteiger partial charge in [-0.15, -0.1) is 0 Å². The van der Waals surface area contributed by atoms with E-state index >= 15 is 0 Å². The number of nitrogens with one attached hydrogen (secondary N) is 1. The standard InChI is InChI=1S/C34H43N3O7S/c1-25(2)23-35-34(39)30(21-26-10-6-5-7-11-26)36(24-27-12-8-13-29(20-27)42-3)33(38)14-9-17-37(45(4,40)41)28-15-16-31-32(22-28)44-19-18-43-31/h5-8,10-13,15-16,20,22,25,30H,9,14,17-19,21,23-24H2,1-4H3,(H,35,39)/t30-/m0/s1. The van der Waals surface area contributed by atoms with Gasteiger partial charge in [-0.3, -0.25) is 13.9 Å². The van der Waals surface area contributed by atoms with Crippen molar-refractivity contribution in [3.8, 4) is 17.2 Å². The normalized spacial score (nSPS) is 13.2. The first-order chi connectivity index (χ1) is 21.5. The summed E-state index contributed by atoms with van der Waals surface area (Å²) < 4.78 is 43.6. The van der Waals surface area contributed by atoms with E-state index in [1.54, 1.807) is 30.2 Å². The number of anilines is 1. The number of amides is 2. The minimum absolute atomic E-state index is 0.0310. The Morgan fingerprint density at radius 1 is 0.933 bits per heavy atom. The Balaban J connectivity index is 1.58. The van der Waals surface area contributed by atoms with Crippen LogP contribution in [0.4, 0.5) is 5.69 Å². The molecule has 0 bridgehead atoms. The van der Waals surface area contributed by atoms with E-state index in [4.69, 9.17) is 14.2 Å². The molecule has 242 valence electrons. The van der Waals surface area contributed by atoms with Gasteiger partial charge in [0.1, 0.15) is 25.0 Å². The molecule has 10 nitrogen and oxygen atoms in total. The second kappa shape index (κ2) is 15.7. The Kier molecular flexibility index (Phi) is 11.7. The zero-order valence-corrected chi connectivity index (χ0v) is 27.2. The second-order valence-electron chi connectivity index (χ2n) is 11.5. The molecule has 1 N–H and O–H groups in total. The molecule has 0 aromatic heterocycles. The van der Waals surface area contributed by atoms with Crippen LogP contribution in [0.25, 0.3) is 0 Å². The van der Waals surface area contributed by atoms with Gasteiger partial charge in [0.25, 0.3) is 0 Å². The largest absolute Gasteiger partial charge is 0.497 e. The summed E-state index contributed by atoms with van der Waals surface area (Å²) in [5, 5.41) is 3.02. The van der Waals surface area contributed by atoms with E-state index in [9.17, 15) is 18.0 Å². The fourth-order valence-electron chi connectivity index (χ4n) is 5.14. The number of methoxy groups -OCH3 is 1. The predicted octanol–water partition coefficient (Wildman–Crippen LogP) is 4.42. The van der Waals surface area contributed by atoms with Crippen LogP contribution in [0.1, 0.15) is 37.8 Å². The first-order valence-corrected chi connectivity index (χ1v) is 17.0. The Hall–Kier alpha value is -4.25. The van der Waals surface area contributed by atoms with Crippen molar-refractivity contribution in [2.45, 2.75) is 45.7 Å². The molecule has 0 saturated carbocycles. The lowest BCUT2D eigenvalue weighted by Gasteiger charge is -2.32. The lowest BCUT2D eigenvalue weighted by atomic mass is 10.0. The van der Waals surface area contributed by atoms with E-state index in [1.807, 2.05) is 68.4 Å². The first-order valence-electron chi connectivity index (χ1n) is 15.2. The van der Waals surface area contributed by atoms with Gasteiger partial charge in [-0.1, -0.05) is 56.3 Å². The zero-order chi connectivity index (χ0) is 32.4. The summed E-state index contributed by atoms with van der Waals surface area (Å²) in [6, 6.07) is 21.2. The molecule has 0 radical (unpaired) electrons. The molecule has 11 heteroatoms. The Bertz CT molecular complexity index is 1550. The van der Waals surface area contributed by atoms with Gasteiger partial charge < -0.3 is 24.4 Å². The summed E-state index contributed by atoms with van der Waals surface area (Å²) in [4.78, 5) is 29.3. The number of nitrogens with zero attached hydrogens (tertiary/aromatic N) is 2. The molecule has 4 rings (SSSR count). The molecule has 45 heavy (non-hydrogen) atoms. The van der Waals surface area contributed by atoms with Crippen molar-refractivity contribution in [3.63, 3.8) is 0 Å². The van der Waals surface area contributed by atoms with Crippen molar-refractivity contribution in [2.75, 3.05) is 44.0 Å². The third kappa shape index (κ3) is 9.62. The van der Waals surface area contributed by atoms with Crippen LogP contribution in [-0.2, 0) is 32.6 Å². The molecule has 1 heterocycles. The average molecular weight is 638 g/mol. The third-order valence-electron chi connectivity index (χ3n) is 7.41. The van der Waals surface area contributed by atoms with Crippen molar-refractivity contribution in [2.24, 2.45) is 5.92 Å². The number of rotatable bonds is 15. The summed E-state index contributed by atoms with van der Waals surface area (Å²) in [5.41, 5.74) is 2.16. The van der Waals surface area contributed by atoms with Gasteiger partial charge in [0.05, 0.1) is 19.1 Å². The summed E-state index contributed by atoms with van der Waals surface area (Å²) in [5.74, 6) is 1.42. The van der Waals surface area contributed by atoms with Gasteiger partial charge in [0.15, 0.2) is 11.5 Å². The summed E-state index contributed by atoms with van der Waals surface area (Å²) in [7, 11) is -2.09. The van der Waals surface area contributed by atoms with Crippen LogP contribution < -0.4 is 23.8 Å². The van der Waals surface area contributed by atoms with E-state index in [-0.39, 0.29) is 43.7 Å². The summed E-state index contributed by atoms with van der Waals surface area (Å²) in [6.07, 6.45) is 1.73. The lowest BCUT2D eigenvalue weighted by Crippen LogP contribution is -2.51. The molecule has 3 aromatic carbocycles. The highest BCUT2D eigenvalue weighted by Gasteiger charge is 2.31. The van der Waals surface area contributed by atoms with Gasteiger partial charge in [0.2, 0.25) is 21.8 Å². The average Bonchev–Trinajstić information content (AvgIpc) is 3.03. The number of ether oxygens (including phenoxy) is 3. The van der Waals surface area contributed by atoms with Crippen LogP contribution in [0.5, 0.6) is 17.2 Å². The van der Waals surface area contributed by atoms with Crippen LogP contribution >= 0.6 is 0 Å². The smallest absolute Gasteiger partial charge is 0.243 e. The Morgan fingerprint density at radius 3 is 2.33 bits per heavy atom. The number of benzene rings is 3. The number of fused-ring (bicyclic) bond motifs is 1. The number of hydrogen-bond donors (Lipinski definition) is 1. The van der Waals surface area contributed by atoms with Gasteiger partial charge in [-0.25, -0.2) is 8.42 Å². The molecule has 0 aliphatic carbocycles. The quantitative estimate of drug-likeness (QED) is 0.262. The van der Waals surface area contributed by atoms with Crippen LogP contribution in [0.2, 0.25) is 0 Å². The fraction of sp³-hybridized carbons (Fsp3) is 0.412. The molecule has 1 aliphatic rings. The van der Waals surface area contributed by atoms with Crippen LogP contribution in [0.3, 0.4) is 0 Å². The van der Waals surface area contributed by atoms with Gasteiger partial charge in [0, 0.05) is 38.5 Å². The van der Waals surface area contributed by atoms with E-state index in [0.717, 1.165) is 17.4 Å². The molecule has 1 aliphatic heterocycles. The molecule has 2 amide bonds. The summed E-state index contributed by atoms with van der Waals surface area (Å²) in [6.45, 7) is 5.56. The molecule has 0 saturated heterocycles. The van der Waals surface area contributed by atoms with Crippen molar-refractivity contribution in [3.05, 3.63) is 83.9 Å². The highest BCUT2D eigenvalue weighted by Crippen LogP contribution is 2.35. The molecular weight excluding hydrogens is 594 g/mol. The molecular formula is C34H43N3O7S. The van der Waals surface area contributed by atoms with Crippen molar-refractivity contribution in [1.82, 2.24) is 10.2 Å².